The Morgan fingerprint density at radius 1 is 1.18 bits per heavy atom. The second kappa shape index (κ2) is 7.93. The second-order valence-corrected chi connectivity index (χ2v) is 7.90. The third-order valence-electron chi connectivity index (χ3n) is 5.62. The maximum atomic E-state index is 12.9. The van der Waals surface area contributed by atoms with Crippen LogP contribution in [0.5, 0.6) is 0 Å². The van der Waals surface area contributed by atoms with Gasteiger partial charge in [0, 0.05) is 37.2 Å². The van der Waals surface area contributed by atoms with Crippen molar-refractivity contribution in [3.05, 3.63) is 53.9 Å². The van der Waals surface area contributed by atoms with Crippen LogP contribution in [0.4, 0.5) is 5.82 Å². The summed E-state index contributed by atoms with van der Waals surface area (Å²) >= 11 is 0. The van der Waals surface area contributed by atoms with E-state index in [4.69, 9.17) is 0 Å². The first-order valence-corrected chi connectivity index (χ1v) is 10.3. The van der Waals surface area contributed by atoms with Gasteiger partial charge in [0.15, 0.2) is 0 Å². The van der Waals surface area contributed by atoms with E-state index in [2.05, 4.69) is 25.9 Å². The molecule has 2 N–H and O–H groups in total. The minimum atomic E-state index is -0.659. The maximum Gasteiger partial charge on any atom is 0.255 e. The molecule has 1 fully saturated rings. The first kappa shape index (κ1) is 20.5. The van der Waals surface area contributed by atoms with Crippen LogP contribution in [0.15, 0.2) is 42.7 Å². The van der Waals surface area contributed by atoms with Crippen LogP contribution in [0.3, 0.4) is 0 Å². The standard InChI is InChI=1S/C22H19N7O4/c1-12(30)24-19-9-13(6-7-23-19)17-11-29(27-26-17)15-2-3-16-14(8-15)10-28(22(16)33)18-4-5-20(31)25-21(18)32/h2-3,6-9,11,18H,4-5,10H2,1H3,(H,23,24,30)(H,25,31,32). The number of rotatable bonds is 4. The van der Waals surface area contributed by atoms with Gasteiger partial charge in [0.1, 0.15) is 17.6 Å². The van der Waals surface area contributed by atoms with Crippen LogP contribution in [0, 0.1) is 0 Å². The van der Waals surface area contributed by atoms with Crippen LogP contribution in [0.1, 0.15) is 35.7 Å². The van der Waals surface area contributed by atoms with Crippen LogP contribution in [-0.2, 0) is 20.9 Å². The summed E-state index contributed by atoms with van der Waals surface area (Å²) in [5.74, 6) is -0.790. The summed E-state index contributed by atoms with van der Waals surface area (Å²) in [5, 5.41) is 13.3. The minimum Gasteiger partial charge on any atom is -0.322 e. The molecule has 1 atom stereocenters. The van der Waals surface area contributed by atoms with E-state index >= 15 is 0 Å². The van der Waals surface area contributed by atoms with E-state index in [1.165, 1.54) is 11.8 Å². The number of fused-ring (bicyclic) bond motifs is 1. The molecule has 1 aromatic carbocycles. The molecular weight excluding hydrogens is 426 g/mol. The highest BCUT2D eigenvalue weighted by atomic mass is 16.2. The number of carbonyl (C=O) groups is 4. The maximum absolute atomic E-state index is 12.9. The van der Waals surface area contributed by atoms with Crippen molar-refractivity contribution in [2.24, 2.45) is 0 Å². The lowest BCUT2D eigenvalue weighted by atomic mass is 10.0. The van der Waals surface area contributed by atoms with Gasteiger partial charge in [0.25, 0.3) is 5.91 Å². The third-order valence-corrected chi connectivity index (χ3v) is 5.62. The summed E-state index contributed by atoms with van der Waals surface area (Å²) in [5.41, 5.74) is 3.33. The molecule has 2 aromatic heterocycles. The molecular formula is C22H19N7O4. The molecule has 0 aliphatic carbocycles. The number of pyridine rings is 1. The number of anilines is 1. The number of nitrogens with zero attached hydrogens (tertiary/aromatic N) is 5. The number of aromatic nitrogens is 4. The molecule has 4 heterocycles. The number of amides is 4. The smallest absolute Gasteiger partial charge is 0.255 e. The van der Waals surface area contributed by atoms with Gasteiger partial charge in [-0.1, -0.05) is 5.21 Å². The molecule has 1 saturated heterocycles. The Morgan fingerprint density at radius 3 is 2.82 bits per heavy atom. The Balaban J connectivity index is 1.38. The first-order chi connectivity index (χ1) is 15.9. The minimum absolute atomic E-state index is 0.210. The number of hydrogen-bond acceptors (Lipinski definition) is 7. The molecule has 4 amide bonds. The van der Waals surface area contributed by atoms with Crippen molar-refractivity contribution < 1.29 is 19.2 Å². The molecule has 0 spiro atoms. The molecule has 2 aliphatic heterocycles. The van der Waals surface area contributed by atoms with E-state index < -0.39 is 11.9 Å². The molecule has 2 aliphatic rings. The van der Waals surface area contributed by atoms with Gasteiger partial charge >= 0.3 is 0 Å². The quantitative estimate of drug-likeness (QED) is 0.572. The fourth-order valence-corrected chi connectivity index (χ4v) is 4.06. The van der Waals surface area contributed by atoms with Crippen LogP contribution in [0.25, 0.3) is 16.9 Å². The monoisotopic (exact) mass is 445 g/mol. The molecule has 3 aromatic rings. The van der Waals surface area contributed by atoms with Crippen molar-refractivity contribution in [1.82, 2.24) is 30.2 Å². The van der Waals surface area contributed by atoms with Crippen molar-refractivity contribution in [3.63, 3.8) is 0 Å². The third kappa shape index (κ3) is 3.84. The van der Waals surface area contributed by atoms with E-state index in [1.807, 2.05) is 6.07 Å². The topological polar surface area (TPSA) is 139 Å². The normalized spacial score (nSPS) is 17.7. The highest BCUT2D eigenvalue weighted by Crippen LogP contribution is 2.29. The van der Waals surface area contributed by atoms with Crippen LogP contribution >= 0.6 is 0 Å². The Kier molecular flexibility index (Phi) is 4.93. The summed E-state index contributed by atoms with van der Waals surface area (Å²) in [6.07, 6.45) is 3.84. The van der Waals surface area contributed by atoms with Gasteiger partial charge in [-0.3, -0.25) is 24.5 Å². The van der Waals surface area contributed by atoms with E-state index in [-0.39, 0.29) is 30.7 Å². The lowest BCUT2D eigenvalue weighted by Crippen LogP contribution is -2.52. The first-order valence-electron chi connectivity index (χ1n) is 10.3. The number of imide groups is 1. The fraction of sp³-hybridized carbons (Fsp3) is 0.227. The van der Waals surface area contributed by atoms with Gasteiger partial charge in [0.2, 0.25) is 17.7 Å². The average molecular weight is 445 g/mol. The van der Waals surface area contributed by atoms with Crippen molar-refractivity contribution in [2.75, 3.05) is 5.32 Å². The summed E-state index contributed by atoms with van der Waals surface area (Å²) in [7, 11) is 0. The van der Waals surface area contributed by atoms with Gasteiger partial charge in [-0.15, -0.1) is 5.10 Å². The van der Waals surface area contributed by atoms with Crippen molar-refractivity contribution in [2.45, 2.75) is 32.4 Å². The SMILES string of the molecule is CC(=O)Nc1cc(-c2cn(-c3ccc4c(c3)CN(C3CCC(=O)NC3=O)C4=O)nn2)ccn1. The molecule has 11 heteroatoms. The van der Waals surface area contributed by atoms with E-state index in [0.717, 1.165) is 11.1 Å². The fourth-order valence-electron chi connectivity index (χ4n) is 4.06. The summed E-state index contributed by atoms with van der Waals surface area (Å²) in [6.45, 7) is 1.69. The van der Waals surface area contributed by atoms with E-state index in [0.29, 0.717) is 29.2 Å². The van der Waals surface area contributed by atoms with Crippen LogP contribution < -0.4 is 10.6 Å². The largest absolute Gasteiger partial charge is 0.322 e. The molecule has 0 saturated carbocycles. The average Bonchev–Trinajstić information content (AvgIpc) is 3.39. The molecule has 1 unspecified atom stereocenters. The molecule has 0 radical (unpaired) electrons. The Bertz CT molecular complexity index is 1320. The Hall–Kier alpha value is -4.41. The van der Waals surface area contributed by atoms with Crippen molar-refractivity contribution in [3.8, 4) is 16.9 Å². The van der Waals surface area contributed by atoms with E-state index in [9.17, 15) is 19.2 Å². The van der Waals surface area contributed by atoms with Crippen molar-refractivity contribution >= 4 is 29.4 Å². The van der Waals surface area contributed by atoms with E-state index in [1.54, 1.807) is 41.3 Å². The van der Waals surface area contributed by atoms with Crippen molar-refractivity contribution in [1.29, 1.82) is 0 Å². The van der Waals surface area contributed by atoms with Gasteiger partial charge in [0.05, 0.1) is 11.9 Å². The predicted octanol–water partition coefficient (Wildman–Crippen LogP) is 1.05. The van der Waals surface area contributed by atoms with Gasteiger partial charge in [-0.25, -0.2) is 9.67 Å². The molecule has 11 nitrogen and oxygen atoms in total. The van der Waals surface area contributed by atoms with Gasteiger partial charge < -0.3 is 10.2 Å². The lowest BCUT2D eigenvalue weighted by Gasteiger charge is -2.29. The summed E-state index contributed by atoms with van der Waals surface area (Å²) in [4.78, 5) is 53.4. The molecule has 0 bridgehead atoms. The number of benzene rings is 1. The zero-order chi connectivity index (χ0) is 23.1. The number of hydrogen-bond donors (Lipinski definition) is 2. The lowest BCUT2D eigenvalue weighted by molar-refractivity contribution is -0.137. The number of nitrogens with one attached hydrogen (secondary N) is 2. The molecule has 5 rings (SSSR count). The summed E-state index contributed by atoms with van der Waals surface area (Å²) < 4.78 is 1.59. The Morgan fingerprint density at radius 2 is 2.03 bits per heavy atom. The summed E-state index contributed by atoms with van der Waals surface area (Å²) in [6, 6.07) is 8.12. The van der Waals surface area contributed by atoms with Crippen LogP contribution in [-0.4, -0.2) is 54.5 Å². The highest BCUT2D eigenvalue weighted by molar-refractivity contribution is 6.05. The molecule has 166 valence electrons. The predicted molar refractivity (Wildman–Crippen MR) is 115 cm³/mol. The Labute approximate surface area is 187 Å². The number of carbonyl (C=O) groups excluding carboxylic acids is 4. The second-order valence-electron chi connectivity index (χ2n) is 7.90. The number of piperidine rings is 1. The zero-order valence-corrected chi connectivity index (χ0v) is 17.6. The zero-order valence-electron chi connectivity index (χ0n) is 17.6. The van der Waals surface area contributed by atoms with Gasteiger partial charge in [-0.2, -0.15) is 0 Å². The molecule has 33 heavy (non-hydrogen) atoms. The van der Waals surface area contributed by atoms with Gasteiger partial charge in [-0.05, 0) is 42.3 Å². The highest BCUT2D eigenvalue weighted by Gasteiger charge is 2.39. The van der Waals surface area contributed by atoms with Crippen LogP contribution in [0.2, 0.25) is 0 Å².